The van der Waals surface area contributed by atoms with Crippen LogP contribution in [0, 0.1) is 0 Å². The molecule has 6 nitrogen and oxygen atoms in total. The van der Waals surface area contributed by atoms with Gasteiger partial charge in [-0.1, -0.05) is 64.5 Å². The lowest BCUT2D eigenvalue weighted by atomic mass is 10.0. The Morgan fingerprint density at radius 1 is 0.516 bits per heavy atom. The Hall–Kier alpha value is -5.17. The first-order valence-corrected chi connectivity index (χ1v) is 26.2. The summed E-state index contributed by atoms with van der Waals surface area (Å²) >= 11 is 8.75. The molecule has 0 spiro atoms. The lowest BCUT2D eigenvalue weighted by Gasteiger charge is -2.26. The van der Waals surface area contributed by atoms with E-state index in [2.05, 4.69) is 97.6 Å². The van der Waals surface area contributed by atoms with Crippen LogP contribution in [0.3, 0.4) is 0 Å². The number of anilines is 3. The van der Waals surface area contributed by atoms with Crippen LogP contribution >= 0.6 is 56.7 Å². The first kappa shape index (κ1) is 44.1. The van der Waals surface area contributed by atoms with Crippen molar-refractivity contribution in [3.8, 4) is 51.5 Å². The van der Waals surface area contributed by atoms with Crippen LogP contribution in [-0.2, 0) is 12.8 Å². The van der Waals surface area contributed by atoms with Crippen LogP contribution in [0.2, 0.25) is 0 Å². The van der Waals surface area contributed by atoms with E-state index in [-0.39, 0.29) is 0 Å². The number of thiophene rings is 3. The van der Waals surface area contributed by atoms with Crippen molar-refractivity contribution < 1.29 is 14.3 Å². The Morgan fingerprint density at radius 3 is 1.47 bits per heavy atom. The lowest BCUT2D eigenvalue weighted by molar-refractivity contribution is 0.112. The molecule has 0 saturated carbocycles. The predicted octanol–water partition coefficient (Wildman–Crippen LogP) is 17.3. The number of aldehydes is 1. The molecule has 9 aromatic rings. The number of fused-ring (bicyclic) bond motifs is 2. The number of hydrogen-bond donors (Lipinski definition) is 0. The van der Waals surface area contributed by atoms with Crippen LogP contribution in [0.1, 0.15) is 86.0 Å². The first-order valence-electron chi connectivity index (χ1n) is 22.2. The third-order valence-electron chi connectivity index (χ3n) is 11.6. The molecule has 4 aromatic carbocycles. The van der Waals surface area contributed by atoms with E-state index in [9.17, 15) is 4.79 Å². The van der Waals surface area contributed by atoms with Gasteiger partial charge < -0.3 is 14.4 Å². The number of hydrogen-bond acceptors (Lipinski definition) is 11. The fourth-order valence-corrected chi connectivity index (χ4v) is 13.6. The predicted molar refractivity (Wildman–Crippen MR) is 277 cm³/mol. The third-order valence-corrected chi connectivity index (χ3v) is 17.5. The molecule has 0 aliphatic rings. The summed E-state index contributed by atoms with van der Waals surface area (Å²) in [4.78, 5) is 31.2. The highest BCUT2D eigenvalue weighted by Crippen LogP contribution is 2.46. The van der Waals surface area contributed by atoms with Gasteiger partial charge in [-0.3, -0.25) is 4.79 Å². The molecule has 64 heavy (non-hydrogen) atoms. The van der Waals surface area contributed by atoms with E-state index < -0.39 is 0 Å². The minimum absolute atomic E-state index is 0.767. The molecule has 0 N–H and O–H groups in total. The summed E-state index contributed by atoms with van der Waals surface area (Å²) in [6, 6.07) is 38.6. The number of aryl methyl sites for hydroxylation is 2. The molecular weight excluding hydrogens is 887 g/mol. The highest BCUT2D eigenvalue weighted by atomic mass is 32.1. The van der Waals surface area contributed by atoms with Crippen molar-refractivity contribution in [2.24, 2.45) is 0 Å². The number of methoxy groups -OCH3 is 2. The molecule has 0 unspecified atom stereocenters. The number of benzene rings is 4. The zero-order valence-corrected chi connectivity index (χ0v) is 40.7. The molecule has 0 fully saturated rings. The highest BCUT2D eigenvalue weighted by molar-refractivity contribution is 7.29. The highest BCUT2D eigenvalue weighted by Gasteiger charge is 2.21. The van der Waals surface area contributed by atoms with Gasteiger partial charge in [-0.15, -0.1) is 56.7 Å². The molecule has 5 heterocycles. The molecular formula is C53H51N3O3S5. The monoisotopic (exact) mass is 937 g/mol. The van der Waals surface area contributed by atoms with E-state index in [4.69, 9.17) is 19.4 Å². The quantitative estimate of drug-likeness (QED) is 0.0560. The summed E-state index contributed by atoms with van der Waals surface area (Å²) in [7, 11) is 3.39. The minimum atomic E-state index is 0.767. The Morgan fingerprint density at radius 2 is 1.00 bits per heavy atom. The summed E-state index contributed by atoms with van der Waals surface area (Å²) in [6.45, 7) is 4.52. The standard InChI is InChI=1S/C53H51N3O3S5/c1-5-7-9-11-13-35-29-48(61-50(35)34-15-17-37(18-16-34)56(38-19-23-40(58-3)24-20-38)39-21-25-41(59-4)26-22-39)52-54-43-31-47-44(32-46(43)63-52)55-53(64-47)49-30-36(14-12-10-8-6-2)51(62-49)45-28-27-42(33-57)60-45/h15-33H,5-14H2,1-4H3. The van der Waals surface area contributed by atoms with Gasteiger partial charge >= 0.3 is 0 Å². The van der Waals surface area contributed by atoms with E-state index in [0.717, 1.165) is 83.0 Å². The van der Waals surface area contributed by atoms with Gasteiger partial charge in [0.15, 0.2) is 6.29 Å². The maximum atomic E-state index is 11.5. The molecule has 0 aliphatic heterocycles. The fraction of sp³-hybridized carbons (Fsp3) is 0.264. The van der Waals surface area contributed by atoms with Gasteiger partial charge in [-0.2, -0.15) is 0 Å². The van der Waals surface area contributed by atoms with Gasteiger partial charge in [-0.25, -0.2) is 9.97 Å². The van der Waals surface area contributed by atoms with Crippen LogP contribution in [0.5, 0.6) is 11.5 Å². The Kier molecular flexibility index (Phi) is 14.0. The number of carbonyl (C=O) groups is 1. The summed E-state index contributed by atoms with van der Waals surface area (Å²) < 4.78 is 13.3. The number of rotatable bonds is 20. The minimum Gasteiger partial charge on any atom is -0.497 e. The van der Waals surface area contributed by atoms with Crippen molar-refractivity contribution in [2.75, 3.05) is 19.1 Å². The normalized spacial score (nSPS) is 11.5. The molecule has 11 heteroatoms. The average Bonchev–Trinajstić information content (AvgIpc) is 4.19. The van der Waals surface area contributed by atoms with Crippen LogP contribution in [0.15, 0.2) is 109 Å². The van der Waals surface area contributed by atoms with Crippen molar-refractivity contribution in [3.05, 3.63) is 125 Å². The van der Waals surface area contributed by atoms with Gasteiger partial charge in [-0.05, 0) is 139 Å². The molecule has 326 valence electrons. The van der Waals surface area contributed by atoms with Gasteiger partial charge in [0.05, 0.1) is 49.3 Å². The number of unbranched alkanes of at least 4 members (excludes halogenated alkanes) is 6. The SMILES string of the molecule is CCCCCCc1cc(-c2nc3cc4sc(-c5cc(CCCCCC)c(-c6ccc(C=O)s6)s5)nc4cc3s2)sc1-c1ccc(N(c2ccc(OC)cc2)c2ccc(OC)cc2)cc1. The smallest absolute Gasteiger partial charge is 0.160 e. The van der Waals surface area contributed by atoms with Crippen molar-refractivity contribution in [3.63, 3.8) is 0 Å². The topological polar surface area (TPSA) is 64.6 Å². The molecule has 0 radical (unpaired) electrons. The van der Waals surface area contributed by atoms with Gasteiger partial charge in [0, 0.05) is 31.7 Å². The Balaban J connectivity index is 1.02. The van der Waals surface area contributed by atoms with E-state index in [0.29, 0.717) is 0 Å². The largest absolute Gasteiger partial charge is 0.497 e. The maximum Gasteiger partial charge on any atom is 0.160 e. The Labute approximate surface area is 395 Å². The van der Waals surface area contributed by atoms with E-state index >= 15 is 0 Å². The van der Waals surface area contributed by atoms with Crippen molar-refractivity contribution >= 4 is 100 Å². The average molecular weight is 938 g/mol. The van der Waals surface area contributed by atoms with Crippen LogP contribution in [-0.4, -0.2) is 30.5 Å². The van der Waals surface area contributed by atoms with E-state index in [1.54, 1.807) is 59.6 Å². The number of ether oxygens (including phenoxy) is 2. The number of aromatic nitrogens is 2. The van der Waals surface area contributed by atoms with Crippen molar-refractivity contribution in [1.29, 1.82) is 0 Å². The zero-order valence-electron chi connectivity index (χ0n) is 36.6. The zero-order chi connectivity index (χ0) is 44.0. The van der Waals surface area contributed by atoms with Crippen LogP contribution in [0.4, 0.5) is 17.1 Å². The first-order chi connectivity index (χ1) is 31.4. The Bertz CT molecular complexity index is 2870. The summed E-state index contributed by atoms with van der Waals surface area (Å²) in [5.74, 6) is 1.65. The molecule has 5 aromatic heterocycles. The van der Waals surface area contributed by atoms with E-state index in [1.807, 2.05) is 41.7 Å². The molecule has 9 rings (SSSR count). The number of carbonyl (C=O) groups excluding carboxylic acids is 1. The molecule has 0 atom stereocenters. The second-order valence-corrected chi connectivity index (χ2v) is 21.3. The van der Waals surface area contributed by atoms with Crippen LogP contribution in [0.25, 0.3) is 60.4 Å². The van der Waals surface area contributed by atoms with Crippen LogP contribution < -0.4 is 14.4 Å². The van der Waals surface area contributed by atoms with Crippen molar-refractivity contribution in [2.45, 2.75) is 78.1 Å². The number of thiazole rings is 2. The van der Waals surface area contributed by atoms with Gasteiger partial charge in [0.1, 0.15) is 21.5 Å². The summed E-state index contributed by atoms with van der Waals surface area (Å²) in [5, 5.41) is 2.10. The van der Waals surface area contributed by atoms with Gasteiger partial charge in [0.2, 0.25) is 0 Å². The molecule has 0 aliphatic carbocycles. The van der Waals surface area contributed by atoms with Gasteiger partial charge in [0.25, 0.3) is 0 Å². The fourth-order valence-electron chi connectivity index (χ4n) is 8.15. The molecule has 0 amide bonds. The number of nitrogens with zero attached hydrogens (tertiary/aromatic N) is 3. The second-order valence-electron chi connectivity index (χ2n) is 16.0. The third kappa shape index (κ3) is 9.60. The second kappa shape index (κ2) is 20.3. The van der Waals surface area contributed by atoms with Crippen molar-refractivity contribution in [1.82, 2.24) is 9.97 Å². The summed E-state index contributed by atoms with van der Waals surface area (Å²) in [6.07, 6.45) is 12.8. The summed E-state index contributed by atoms with van der Waals surface area (Å²) in [5.41, 5.74) is 9.17. The maximum absolute atomic E-state index is 11.5. The van der Waals surface area contributed by atoms with E-state index in [1.165, 1.54) is 92.4 Å². The lowest BCUT2D eigenvalue weighted by Crippen LogP contribution is -2.09. The molecule has 0 saturated heterocycles. The molecule has 0 bridgehead atoms.